The first-order valence-corrected chi connectivity index (χ1v) is 9.39. The van der Waals surface area contributed by atoms with E-state index in [1.54, 1.807) is 18.3 Å². The van der Waals surface area contributed by atoms with Crippen molar-refractivity contribution in [2.75, 3.05) is 6.54 Å². The zero-order valence-electron chi connectivity index (χ0n) is 10.6. The van der Waals surface area contributed by atoms with Gasteiger partial charge in [-0.2, -0.15) is 0 Å². The highest BCUT2D eigenvalue weighted by molar-refractivity contribution is 9.11. The van der Waals surface area contributed by atoms with Crippen molar-refractivity contribution < 1.29 is 8.42 Å². The summed E-state index contributed by atoms with van der Waals surface area (Å²) in [6, 6.07) is 3.36. The van der Waals surface area contributed by atoms with Gasteiger partial charge in [0.25, 0.3) is 0 Å². The molecule has 0 bridgehead atoms. The second kappa shape index (κ2) is 5.59. The molecule has 2 aromatic rings. The molecule has 0 aliphatic carbocycles. The van der Waals surface area contributed by atoms with Crippen molar-refractivity contribution in [3.8, 4) is 0 Å². The Hall–Kier alpha value is -0.700. The average Bonchev–Trinajstić information content (AvgIpc) is 3.04. The molecule has 0 aromatic carbocycles. The maximum atomic E-state index is 12.1. The van der Waals surface area contributed by atoms with Crippen LogP contribution in [0.4, 0.5) is 0 Å². The van der Waals surface area contributed by atoms with Crippen molar-refractivity contribution >= 4 is 37.3 Å². The molecule has 3 heterocycles. The molecule has 0 spiro atoms. The van der Waals surface area contributed by atoms with Crippen molar-refractivity contribution in [1.82, 2.24) is 14.3 Å². The first kappa shape index (κ1) is 14.2. The van der Waals surface area contributed by atoms with Crippen molar-refractivity contribution in [2.45, 2.75) is 23.6 Å². The summed E-state index contributed by atoms with van der Waals surface area (Å²) >= 11 is 4.50. The highest BCUT2D eigenvalue weighted by atomic mass is 79.9. The van der Waals surface area contributed by atoms with E-state index in [-0.39, 0.29) is 0 Å². The molecule has 3 rings (SSSR count). The van der Waals surface area contributed by atoms with Crippen LogP contribution in [0, 0.1) is 5.92 Å². The quantitative estimate of drug-likeness (QED) is 0.890. The fourth-order valence-electron chi connectivity index (χ4n) is 2.33. The number of fused-ring (bicyclic) bond motifs is 1. The molecule has 1 atom stereocenters. The molecule has 20 heavy (non-hydrogen) atoms. The molecule has 5 nitrogen and oxygen atoms in total. The number of hydrogen-bond acceptors (Lipinski definition) is 4. The molecule has 0 amide bonds. The Morgan fingerprint density at radius 2 is 2.35 bits per heavy atom. The van der Waals surface area contributed by atoms with E-state index >= 15 is 0 Å². The smallest absolute Gasteiger partial charge is 0.250 e. The zero-order chi connectivity index (χ0) is 14.2. The maximum absolute atomic E-state index is 12.1. The number of nitrogens with zero attached hydrogens (tertiary/aromatic N) is 2. The second-order valence-electron chi connectivity index (χ2n) is 4.81. The van der Waals surface area contributed by atoms with Gasteiger partial charge in [-0.25, -0.2) is 18.1 Å². The third-order valence-electron chi connectivity index (χ3n) is 3.43. The standard InChI is InChI=1S/C12H14BrN3O2S2/c13-10-1-2-12(19-10)20(17,18)15-8-9-3-5-16-6-4-14-11(16)7-9/h1-2,4,6,9,15H,3,5,7-8H2/t9-/m1/s1. The minimum absolute atomic E-state index is 0.308. The highest BCUT2D eigenvalue weighted by Crippen LogP contribution is 2.26. The number of halogens is 1. The topological polar surface area (TPSA) is 64.0 Å². The van der Waals surface area contributed by atoms with Crippen LogP contribution in [0.15, 0.2) is 32.5 Å². The molecule has 0 saturated heterocycles. The molecule has 0 unspecified atom stereocenters. The van der Waals surface area contributed by atoms with Gasteiger partial charge in [0, 0.05) is 31.9 Å². The number of aryl methyl sites for hydroxylation is 1. The van der Waals surface area contributed by atoms with Crippen molar-refractivity contribution in [2.24, 2.45) is 5.92 Å². The molecule has 1 aliphatic rings. The number of hydrogen-bond donors (Lipinski definition) is 1. The van der Waals surface area contributed by atoms with Crippen molar-refractivity contribution in [3.63, 3.8) is 0 Å². The van der Waals surface area contributed by atoms with Gasteiger partial charge in [-0.3, -0.25) is 0 Å². The Morgan fingerprint density at radius 1 is 1.50 bits per heavy atom. The molecular formula is C12H14BrN3O2S2. The van der Waals surface area contributed by atoms with Crippen LogP contribution in [0.2, 0.25) is 0 Å². The Bertz CT molecular complexity index is 708. The third-order valence-corrected chi connectivity index (χ3v) is 6.97. The second-order valence-corrected chi connectivity index (χ2v) is 9.26. The van der Waals surface area contributed by atoms with Gasteiger partial charge >= 0.3 is 0 Å². The van der Waals surface area contributed by atoms with Crippen LogP contribution in [-0.2, 0) is 23.0 Å². The summed E-state index contributed by atoms with van der Waals surface area (Å²) in [6.07, 6.45) is 5.56. The van der Waals surface area contributed by atoms with Gasteiger partial charge in [-0.1, -0.05) is 0 Å². The summed E-state index contributed by atoms with van der Waals surface area (Å²) in [4.78, 5) is 4.29. The van der Waals surface area contributed by atoms with Gasteiger partial charge < -0.3 is 4.57 Å². The van der Waals surface area contributed by atoms with Gasteiger partial charge in [-0.05, 0) is 40.4 Å². The molecule has 108 valence electrons. The fourth-order valence-corrected chi connectivity index (χ4v) is 5.50. The van der Waals surface area contributed by atoms with Crippen LogP contribution in [-0.4, -0.2) is 24.5 Å². The van der Waals surface area contributed by atoms with E-state index in [2.05, 4.69) is 30.2 Å². The van der Waals surface area contributed by atoms with E-state index < -0.39 is 10.0 Å². The summed E-state index contributed by atoms with van der Waals surface area (Å²) in [5.74, 6) is 1.35. The highest BCUT2D eigenvalue weighted by Gasteiger charge is 2.22. The van der Waals surface area contributed by atoms with E-state index in [9.17, 15) is 8.42 Å². The summed E-state index contributed by atoms with van der Waals surface area (Å²) < 4.78 is 30.3. The largest absolute Gasteiger partial charge is 0.335 e. The molecule has 0 fully saturated rings. The monoisotopic (exact) mass is 375 g/mol. The van der Waals surface area contributed by atoms with E-state index in [0.29, 0.717) is 16.7 Å². The van der Waals surface area contributed by atoms with Crippen LogP contribution < -0.4 is 4.72 Å². The summed E-state index contributed by atoms with van der Waals surface area (Å²) in [5.41, 5.74) is 0. The number of nitrogens with one attached hydrogen (secondary N) is 1. The van der Waals surface area contributed by atoms with Gasteiger partial charge in [0.15, 0.2) is 0 Å². The zero-order valence-corrected chi connectivity index (χ0v) is 13.8. The predicted molar refractivity (Wildman–Crippen MR) is 81.2 cm³/mol. The van der Waals surface area contributed by atoms with Crippen LogP contribution in [0.1, 0.15) is 12.2 Å². The first-order chi connectivity index (χ1) is 9.54. The molecule has 0 radical (unpaired) electrons. The minimum atomic E-state index is -3.39. The Balaban J connectivity index is 1.63. The van der Waals surface area contributed by atoms with Crippen LogP contribution in [0.3, 0.4) is 0 Å². The fraction of sp³-hybridized carbons (Fsp3) is 0.417. The number of thiophene rings is 1. The number of imidazole rings is 1. The molecular weight excluding hydrogens is 362 g/mol. The maximum Gasteiger partial charge on any atom is 0.250 e. The molecule has 2 aromatic heterocycles. The van der Waals surface area contributed by atoms with Gasteiger partial charge in [-0.15, -0.1) is 11.3 Å². The summed E-state index contributed by atoms with van der Waals surface area (Å²) in [7, 11) is -3.39. The lowest BCUT2D eigenvalue weighted by atomic mass is 9.98. The van der Waals surface area contributed by atoms with Crippen LogP contribution in [0.25, 0.3) is 0 Å². The number of sulfonamides is 1. The van der Waals surface area contributed by atoms with Crippen LogP contribution >= 0.6 is 27.3 Å². The lowest BCUT2D eigenvalue weighted by Crippen LogP contribution is -2.32. The molecule has 1 aliphatic heterocycles. The lowest BCUT2D eigenvalue weighted by molar-refractivity contribution is 0.379. The van der Waals surface area contributed by atoms with E-state index in [0.717, 1.165) is 29.0 Å². The third kappa shape index (κ3) is 2.98. The molecule has 1 N–H and O–H groups in total. The first-order valence-electron chi connectivity index (χ1n) is 6.29. The summed E-state index contributed by atoms with van der Waals surface area (Å²) in [6.45, 7) is 1.37. The van der Waals surface area contributed by atoms with Gasteiger partial charge in [0.1, 0.15) is 10.0 Å². The lowest BCUT2D eigenvalue weighted by Gasteiger charge is -2.23. The number of aromatic nitrogens is 2. The van der Waals surface area contributed by atoms with Crippen molar-refractivity contribution in [3.05, 3.63) is 34.1 Å². The number of rotatable bonds is 4. The Kier molecular flexibility index (Phi) is 3.98. The van der Waals surface area contributed by atoms with Gasteiger partial charge in [0.2, 0.25) is 10.0 Å². The Labute approximate surface area is 130 Å². The average molecular weight is 376 g/mol. The van der Waals surface area contributed by atoms with E-state index in [4.69, 9.17) is 0 Å². The summed E-state index contributed by atoms with van der Waals surface area (Å²) in [5, 5.41) is 0. The van der Waals surface area contributed by atoms with Gasteiger partial charge in [0.05, 0.1) is 3.79 Å². The van der Waals surface area contributed by atoms with Crippen molar-refractivity contribution in [1.29, 1.82) is 0 Å². The van der Waals surface area contributed by atoms with E-state index in [1.165, 1.54) is 11.3 Å². The molecule has 8 heteroatoms. The minimum Gasteiger partial charge on any atom is -0.335 e. The normalized spacial score (nSPS) is 18.9. The van der Waals surface area contributed by atoms with Crippen LogP contribution in [0.5, 0.6) is 0 Å². The van der Waals surface area contributed by atoms with E-state index in [1.807, 2.05) is 6.20 Å². The predicted octanol–water partition coefficient (Wildman–Crippen LogP) is 2.25. The Morgan fingerprint density at radius 3 is 3.10 bits per heavy atom. The molecule has 0 saturated carbocycles. The SMILES string of the molecule is O=S(=O)(NC[C@@H]1CCn2ccnc2C1)c1ccc(Br)s1.